The Labute approximate surface area is 129 Å². The summed E-state index contributed by atoms with van der Waals surface area (Å²) < 4.78 is 0. The second-order valence-electron chi connectivity index (χ2n) is 5.27. The molecule has 0 aromatic carbocycles. The van der Waals surface area contributed by atoms with Crippen LogP contribution in [0.3, 0.4) is 0 Å². The molecule has 0 amide bonds. The molecular formula is C13H29IN4. The lowest BCUT2D eigenvalue weighted by Crippen LogP contribution is -2.46. The van der Waals surface area contributed by atoms with E-state index < -0.39 is 0 Å². The summed E-state index contributed by atoms with van der Waals surface area (Å²) >= 11 is 0. The van der Waals surface area contributed by atoms with E-state index in [9.17, 15) is 0 Å². The Bertz CT molecular complexity index is 255. The SMILES string of the molecule is CCCNC(=NC)NC1CN(C(C)C)CC1C.I. The summed E-state index contributed by atoms with van der Waals surface area (Å²) in [5, 5.41) is 6.86. The number of rotatable bonds is 4. The highest BCUT2D eigenvalue weighted by Crippen LogP contribution is 2.18. The Kier molecular flexibility index (Phi) is 8.94. The van der Waals surface area contributed by atoms with Crippen LogP contribution in [0.15, 0.2) is 4.99 Å². The third kappa shape index (κ3) is 5.30. The van der Waals surface area contributed by atoms with Gasteiger partial charge >= 0.3 is 0 Å². The molecule has 1 aliphatic rings. The van der Waals surface area contributed by atoms with Gasteiger partial charge in [-0.2, -0.15) is 0 Å². The highest BCUT2D eigenvalue weighted by molar-refractivity contribution is 14.0. The molecule has 0 aliphatic carbocycles. The summed E-state index contributed by atoms with van der Waals surface area (Å²) in [5.74, 6) is 1.62. The Morgan fingerprint density at radius 2 is 2.06 bits per heavy atom. The molecule has 0 bridgehead atoms. The van der Waals surface area contributed by atoms with Crippen molar-refractivity contribution in [1.82, 2.24) is 15.5 Å². The average molecular weight is 368 g/mol. The van der Waals surface area contributed by atoms with Crippen molar-refractivity contribution < 1.29 is 0 Å². The molecule has 18 heavy (non-hydrogen) atoms. The molecule has 0 aromatic rings. The topological polar surface area (TPSA) is 39.7 Å². The van der Waals surface area contributed by atoms with Crippen LogP contribution in [0.25, 0.3) is 0 Å². The maximum atomic E-state index is 4.27. The Morgan fingerprint density at radius 1 is 1.39 bits per heavy atom. The van der Waals surface area contributed by atoms with Crippen molar-refractivity contribution in [3.63, 3.8) is 0 Å². The summed E-state index contributed by atoms with van der Waals surface area (Å²) in [7, 11) is 1.84. The number of nitrogens with zero attached hydrogens (tertiary/aromatic N) is 2. The van der Waals surface area contributed by atoms with E-state index in [1.807, 2.05) is 7.05 Å². The first-order valence-electron chi connectivity index (χ1n) is 6.79. The fourth-order valence-electron chi connectivity index (χ4n) is 2.23. The first kappa shape index (κ1) is 18.0. The van der Waals surface area contributed by atoms with Gasteiger partial charge in [-0.05, 0) is 26.2 Å². The predicted molar refractivity (Wildman–Crippen MR) is 89.9 cm³/mol. The van der Waals surface area contributed by atoms with Crippen LogP contribution in [-0.2, 0) is 0 Å². The number of guanidine groups is 1. The van der Waals surface area contributed by atoms with Crippen LogP contribution >= 0.6 is 24.0 Å². The summed E-state index contributed by atoms with van der Waals surface area (Å²) in [6.45, 7) is 12.3. The number of hydrogen-bond acceptors (Lipinski definition) is 2. The molecule has 0 aromatic heterocycles. The zero-order valence-corrected chi connectivity index (χ0v) is 14.7. The van der Waals surface area contributed by atoms with Gasteiger partial charge in [0.15, 0.2) is 5.96 Å². The second-order valence-corrected chi connectivity index (χ2v) is 5.27. The van der Waals surface area contributed by atoms with E-state index in [1.54, 1.807) is 0 Å². The number of halogens is 1. The van der Waals surface area contributed by atoms with Crippen molar-refractivity contribution in [3.05, 3.63) is 0 Å². The van der Waals surface area contributed by atoms with E-state index in [-0.39, 0.29) is 24.0 Å². The Balaban J connectivity index is 0.00000289. The summed E-state index contributed by atoms with van der Waals surface area (Å²) in [6, 6.07) is 1.15. The van der Waals surface area contributed by atoms with Gasteiger partial charge in [-0.1, -0.05) is 13.8 Å². The van der Waals surface area contributed by atoms with E-state index in [0.717, 1.165) is 25.5 Å². The van der Waals surface area contributed by atoms with Crippen molar-refractivity contribution in [2.45, 2.75) is 46.2 Å². The Hall–Kier alpha value is -0.0400. The molecule has 2 unspecified atom stereocenters. The first-order chi connectivity index (χ1) is 8.08. The largest absolute Gasteiger partial charge is 0.356 e. The van der Waals surface area contributed by atoms with Gasteiger partial charge in [-0.15, -0.1) is 24.0 Å². The van der Waals surface area contributed by atoms with E-state index in [1.165, 1.54) is 6.54 Å². The highest BCUT2D eigenvalue weighted by Gasteiger charge is 2.31. The lowest BCUT2D eigenvalue weighted by atomic mass is 10.1. The zero-order chi connectivity index (χ0) is 12.8. The van der Waals surface area contributed by atoms with E-state index in [0.29, 0.717) is 18.0 Å². The number of hydrogen-bond donors (Lipinski definition) is 2. The monoisotopic (exact) mass is 368 g/mol. The number of nitrogens with one attached hydrogen (secondary N) is 2. The van der Waals surface area contributed by atoms with E-state index in [4.69, 9.17) is 0 Å². The number of likely N-dealkylation sites (tertiary alicyclic amines) is 1. The highest BCUT2D eigenvalue weighted by atomic mass is 127. The third-order valence-electron chi connectivity index (χ3n) is 3.46. The minimum Gasteiger partial charge on any atom is -0.356 e. The lowest BCUT2D eigenvalue weighted by Gasteiger charge is -2.21. The molecule has 1 heterocycles. The standard InChI is InChI=1S/C13H28N4.HI/c1-6-7-15-13(14-5)16-12-9-17(10(2)3)8-11(12)4;/h10-12H,6-9H2,1-5H3,(H2,14,15,16);1H. The normalized spacial score (nSPS) is 25.1. The van der Waals surface area contributed by atoms with Gasteiger partial charge in [-0.3, -0.25) is 9.89 Å². The third-order valence-corrected chi connectivity index (χ3v) is 3.46. The van der Waals surface area contributed by atoms with Crippen LogP contribution in [0.2, 0.25) is 0 Å². The van der Waals surface area contributed by atoms with Crippen molar-refractivity contribution >= 4 is 29.9 Å². The van der Waals surface area contributed by atoms with Crippen molar-refractivity contribution in [2.75, 3.05) is 26.7 Å². The molecule has 2 N–H and O–H groups in total. The first-order valence-corrected chi connectivity index (χ1v) is 6.79. The molecular weight excluding hydrogens is 339 g/mol. The van der Waals surface area contributed by atoms with Gasteiger partial charge in [0.25, 0.3) is 0 Å². The van der Waals surface area contributed by atoms with Crippen LogP contribution in [0, 0.1) is 5.92 Å². The van der Waals surface area contributed by atoms with Crippen LogP contribution in [0.4, 0.5) is 0 Å². The predicted octanol–water partition coefficient (Wildman–Crippen LogP) is 1.91. The number of aliphatic imine (C=N–C) groups is 1. The molecule has 1 fully saturated rings. The second kappa shape index (κ2) is 8.96. The van der Waals surface area contributed by atoms with Gasteiger partial charge in [0.05, 0.1) is 0 Å². The zero-order valence-electron chi connectivity index (χ0n) is 12.4. The van der Waals surface area contributed by atoms with Gasteiger partial charge in [0.1, 0.15) is 0 Å². The molecule has 2 atom stereocenters. The van der Waals surface area contributed by atoms with Crippen LogP contribution in [0.1, 0.15) is 34.1 Å². The molecule has 1 rings (SSSR count). The van der Waals surface area contributed by atoms with Gasteiger partial charge in [0, 0.05) is 38.8 Å². The van der Waals surface area contributed by atoms with Crippen LogP contribution in [-0.4, -0.2) is 49.6 Å². The van der Waals surface area contributed by atoms with Crippen molar-refractivity contribution in [1.29, 1.82) is 0 Å². The maximum absolute atomic E-state index is 4.27. The van der Waals surface area contributed by atoms with Crippen molar-refractivity contribution in [2.24, 2.45) is 10.9 Å². The summed E-state index contributed by atoms with van der Waals surface area (Å²) in [5.41, 5.74) is 0. The molecule has 5 heteroatoms. The van der Waals surface area contributed by atoms with E-state index in [2.05, 4.69) is 48.2 Å². The molecule has 0 saturated carbocycles. The van der Waals surface area contributed by atoms with Gasteiger partial charge in [-0.25, -0.2) is 0 Å². The lowest BCUT2D eigenvalue weighted by molar-refractivity contribution is 0.265. The van der Waals surface area contributed by atoms with Crippen LogP contribution in [0.5, 0.6) is 0 Å². The summed E-state index contributed by atoms with van der Waals surface area (Å²) in [6.07, 6.45) is 1.12. The molecule has 108 valence electrons. The fraction of sp³-hybridized carbons (Fsp3) is 0.923. The minimum absolute atomic E-state index is 0. The molecule has 4 nitrogen and oxygen atoms in total. The fourth-order valence-corrected chi connectivity index (χ4v) is 2.23. The molecule has 0 spiro atoms. The molecule has 0 radical (unpaired) electrons. The minimum atomic E-state index is 0. The Morgan fingerprint density at radius 3 is 2.50 bits per heavy atom. The van der Waals surface area contributed by atoms with Crippen molar-refractivity contribution in [3.8, 4) is 0 Å². The maximum Gasteiger partial charge on any atom is 0.191 e. The van der Waals surface area contributed by atoms with E-state index >= 15 is 0 Å². The van der Waals surface area contributed by atoms with Gasteiger partial charge < -0.3 is 10.6 Å². The summed E-state index contributed by atoms with van der Waals surface area (Å²) in [4.78, 5) is 6.79. The molecule has 1 saturated heterocycles. The molecule has 1 aliphatic heterocycles. The van der Waals surface area contributed by atoms with Crippen LogP contribution < -0.4 is 10.6 Å². The smallest absolute Gasteiger partial charge is 0.191 e. The quantitative estimate of drug-likeness (QED) is 0.453. The average Bonchev–Trinajstić information content (AvgIpc) is 2.66. The van der Waals surface area contributed by atoms with Gasteiger partial charge in [0.2, 0.25) is 0 Å².